The van der Waals surface area contributed by atoms with Crippen LogP contribution in [0.5, 0.6) is 0 Å². The van der Waals surface area contributed by atoms with Crippen molar-refractivity contribution in [2.45, 2.75) is 13.0 Å². The van der Waals surface area contributed by atoms with Crippen molar-refractivity contribution in [2.24, 2.45) is 0 Å². The summed E-state index contributed by atoms with van der Waals surface area (Å²) in [6.07, 6.45) is 0. The normalized spacial score (nSPS) is 14.6. The van der Waals surface area contributed by atoms with Gasteiger partial charge in [0.1, 0.15) is 5.01 Å². The topological polar surface area (TPSA) is 74.3 Å². The van der Waals surface area contributed by atoms with Crippen LogP contribution in [-0.2, 0) is 0 Å². The largest absolute Gasteiger partial charge is 0.343 e. The van der Waals surface area contributed by atoms with Gasteiger partial charge in [0.25, 0.3) is 5.91 Å². The molecule has 1 atom stereocenters. The third kappa shape index (κ3) is 3.75. The zero-order valence-electron chi connectivity index (χ0n) is 15.4. The molecule has 1 unspecified atom stereocenters. The van der Waals surface area contributed by atoms with E-state index >= 15 is 0 Å². The van der Waals surface area contributed by atoms with E-state index in [1.165, 1.54) is 11.3 Å². The van der Waals surface area contributed by atoms with Gasteiger partial charge >= 0.3 is 6.03 Å². The summed E-state index contributed by atoms with van der Waals surface area (Å²) in [5.74, 6) is -0.165. The Morgan fingerprint density at radius 3 is 2.61 bits per heavy atom. The molecule has 3 aromatic rings. The van der Waals surface area contributed by atoms with Gasteiger partial charge in [-0.2, -0.15) is 0 Å². The zero-order chi connectivity index (χ0) is 19.5. The van der Waals surface area contributed by atoms with Gasteiger partial charge in [0, 0.05) is 35.3 Å². The van der Waals surface area contributed by atoms with Gasteiger partial charge in [-0.1, -0.05) is 30.3 Å². The highest BCUT2D eigenvalue weighted by molar-refractivity contribution is 7.10. The number of hydrogen-bond acceptors (Lipinski definition) is 4. The molecule has 6 nitrogen and oxygen atoms in total. The van der Waals surface area contributed by atoms with Gasteiger partial charge in [-0.25, -0.2) is 9.78 Å². The van der Waals surface area contributed by atoms with Crippen LogP contribution in [0.3, 0.4) is 0 Å². The number of thiazole rings is 1. The molecule has 0 bridgehead atoms. The second-order valence-electron chi connectivity index (χ2n) is 6.56. The number of aromatic nitrogens is 1. The van der Waals surface area contributed by atoms with Crippen molar-refractivity contribution in [2.75, 3.05) is 18.0 Å². The molecule has 1 aliphatic rings. The Morgan fingerprint density at radius 1 is 1.18 bits per heavy atom. The minimum absolute atomic E-state index is 0.108. The summed E-state index contributed by atoms with van der Waals surface area (Å²) in [7, 11) is 0. The highest BCUT2D eigenvalue weighted by Crippen LogP contribution is 2.25. The van der Waals surface area contributed by atoms with Crippen molar-refractivity contribution in [1.82, 2.24) is 15.6 Å². The van der Waals surface area contributed by atoms with E-state index < -0.39 is 0 Å². The average Bonchev–Trinajstić information content (AvgIpc) is 3.38. The average molecular weight is 392 g/mol. The van der Waals surface area contributed by atoms with E-state index in [9.17, 15) is 9.59 Å². The summed E-state index contributed by atoms with van der Waals surface area (Å²) in [6, 6.07) is 16.7. The Morgan fingerprint density at radius 2 is 1.93 bits per heavy atom. The Kier molecular flexibility index (Phi) is 5.08. The zero-order valence-corrected chi connectivity index (χ0v) is 16.2. The minimum Gasteiger partial charge on any atom is -0.343 e. The molecule has 0 aliphatic carbocycles. The fraction of sp³-hybridized carbons (Fsp3) is 0.190. The van der Waals surface area contributed by atoms with Crippen LogP contribution in [0.4, 0.5) is 10.5 Å². The molecule has 2 aromatic carbocycles. The number of benzene rings is 2. The van der Waals surface area contributed by atoms with Crippen LogP contribution in [0, 0.1) is 0 Å². The first-order chi connectivity index (χ1) is 13.6. The summed E-state index contributed by atoms with van der Waals surface area (Å²) in [5, 5.41) is 8.62. The lowest BCUT2D eigenvalue weighted by atomic mass is 10.1. The van der Waals surface area contributed by atoms with Crippen LogP contribution in [0.25, 0.3) is 11.3 Å². The van der Waals surface area contributed by atoms with E-state index in [2.05, 4.69) is 15.6 Å². The molecule has 1 aromatic heterocycles. The summed E-state index contributed by atoms with van der Waals surface area (Å²) in [4.78, 5) is 30.6. The number of carbonyl (C=O) groups is 2. The third-order valence-corrected chi connectivity index (χ3v) is 5.63. The number of urea groups is 1. The molecule has 0 spiro atoms. The summed E-state index contributed by atoms with van der Waals surface area (Å²) in [6.45, 7) is 3.20. The molecule has 1 fully saturated rings. The number of hydrogen-bond donors (Lipinski definition) is 2. The summed E-state index contributed by atoms with van der Waals surface area (Å²) >= 11 is 1.53. The second-order valence-corrected chi connectivity index (χ2v) is 7.45. The van der Waals surface area contributed by atoms with Crippen LogP contribution >= 0.6 is 11.3 Å². The van der Waals surface area contributed by atoms with Crippen molar-refractivity contribution < 1.29 is 9.59 Å². The van der Waals surface area contributed by atoms with E-state index in [0.29, 0.717) is 18.7 Å². The standard InChI is InChI=1S/C21H20N4O2S/c1-14(20-24-18(13-28-20)15-5-3-2-4-6-15)23-19(26)16-7-9-17(10-8-16)25-12-11-22-21(25)27/h2-10,13-14H,11-12H2,1H3,(H,22,27)(H,23,26). The third-order valence-electron chi connectivity index (χ3n) is 4.61. The number of rotatable bonds is 5. The van der Waals surface area contributed by atoms with E-state index in [4.69, 9.17) is 0 Å². The van der Waals surface area contributed by atoms with Crippen LogP contribution in [0.1, 0.15) is 28.3 Å². The Labute approximate surface area is 167 Å². The molecule has 3 amide bonds. The molecule has 1 aliphatic heterocycles. The van der Waals surface area contributed by atoms with Gasteiger partial charge in [0.2, 0.25) is 0 Å². The SMILES string of the molecule is CC(NC(=O)c1ccc(N2CCNC2=O)cc1)c1nc(-c2ccccc2)cs1. The van der Waals surface area contributed by atoms with Gasteiger partial charge in [0.05, 0.1) is 11.7 Å². The molecule has 4 rings (SSSR count). The van der Waals surface area contributed by atoms with Gasteiger partial charge in [-0.3, -0.25) is 9.69 Å². The number of anilines is 1. The van der Waals surface area contributed by atoms with Crippen molar-refractivity contribution in [3.8, 4) is 11.3 Å². The maximum absolute atomic E-state index is 12.6. The highest BCUT2D eigenvalue weighted by atomic mass is 32.1. The van der Waals surface area contributed by atoms with E-state index in [1.807, 2.05) is 42.6 Å². The molecule has 1 saturated heterocycles. The minimum atomic E-state index is -0.195. The molecule has 0 saturated carbocycles. The maximum Gasteiger partial charge on any atom is 0.321 e. The van der Waals surface area contributed by atoms with Crippen LogP contribution < -0.4 is 15.5 Å². The lowest BCUT2D eigenvalue weighted by Gasteiger charge is -2.15. The molecular formula is C21H20N4O2S. The Bertz CT molecular complexity index is 985. The van der Waals surface area contributed by atoms with Gasteiger partial charge < -0.3 is 10.6 Å². The quantitative estimate of drug-likeness (QED) is 0.693. The van der Waals surface area contributed by atoms with Crippen molar-refractivity contribution in [3.63, 3.8) is 0 Å². The van der Waals surface area contributed by atoms with Crippen molar-refractivity contribution in [3.05, 3.63) is 70.5 Å². The van der Waals surface area contributed by atoms with E-state index in [0.717, 1.165) is 22.0 Å². The first kappa shape index (κ1) is 18.2. The molecule has 0 radical (unpaired) electrons. The predicted octanol–water partition coefficient (Wildman–Crippen LogP) is 3.83. The molecular weight excluding hydrogens is 372 g/mol. The summed E-state index contributed by atoms with van der Waals surface area (Å²) < 4.78 is 0. The predicted molar refractivity (Wildman–Crippen MR) is 111 cm³/mol. The molecule has 7 heteroatoms. The number of nitrogens with zero attached hydrogens (tertiary/aromatic N) is 2. The van der Waals surface area contributed by atoms with Gasteiger partial charge in [0.15, 0.2) is 0 Å². The van der Waals surface area contributed by atoms with Crippen LogP contribution in [-0.4, -0.2) is 30.0 Å². The molecule has 28 heavy (non-hydrogen) atoms. The van der Waals surface area contributed by atoms with Crippen molar-refractivity contribution in [1.29, 1.82) is 0 Å². The number of nitrogens with one attached hydrogen (secondary N) is 2. The maximum atomic E-state index is 12.6. The lowest BCUT2D eigenvalue weighted by Crippen LogP contribution is -2.28. The fourth-order valence-corrected chi connectivity index (χ4v) is 3.92. The van der Waals surface area contributed by atoms with E-state index in [1.54, 1.807) is 29.2 Å². The fourth-order valence-electron chi connectivity index (χ4n) is 3.08. The summed E-state index contributed by atoms with van der Waals surface area (Å²) in [5.41, 5.74) is 3.31. The van der Waals surface area contributed by atoms with Crippen LogP contribution in [0.2, 0.25) is 0 Å². The molecule has 2 heterocycles. The number of carbonyl (C=O) groups excluding carboxylic acids is 2. The first-order valence-corrected chi connectivity index (χ1v) is 9.97. The smallest absolute Gasteiger partial charge is 0.321 e. The van der Waals surface area contributed by atoms with E-state index in [-0.39, 0.29) is 18.0 Å². The lowest BCUT2D eigenvalue weighted by molar-refractivity contribution is 0.0940. The number of amides is 3. The van der Waals surface area contributed by atoms with Gasteiger partial charge in [-0.15, -0.1) is 11.3 Å². The second kappa shape index (κ2) is 7.82. The Hall–Kier alpha value is -3.19. The monoisotopic (exact) mass is 392 g/mol. The highest BCUT2D eigenvalue weighted by Gasteiger charge is 2.21. The van der Waals surface area contributed by atoms with Gasteiger partial charge in [-0.05, 0) is 31.2 Å². The Balaban J connectivity index is 1.42. The van der Waals surface area contributed by atoms with Crippen LogP contribution in [0.15, 0.2) is 60.0 Å². The van der Waals surface area contributed by atoms with Crippen molar-refractivity contribution >= 4 is 29.0 Å². The molecule has 2 N–H and O–H groups in total. The first-order valence-electron chi connectivity index (χ1n) is 9.09. The molecule has 142 valence electrons.